The molecular formula is C53H52N6O8. The molecule has 0 fully saturated rings. The van der Waals surface area contributed by atoms with Crippen molar-refractivity contribution in [3.8, 4) is 16.9 Å². The lowest BCUT2D eigenvalue weighted by Crippen LogP contribution is -2.57. The number of H-pyrrole nitrogens is 2. The second-order valence-electron chi connectivity index (χ2n) is 16.9. The molecule has 0 spiro atoms. The zero-order valence-corrected chi connectivity index (χ0v) is 36.8. The normalized spacial score (nSPS) is 18.5. The summed E-state index contributed by atoms with van der Waals surface area (Å²) in [5, 5.41) is 22.5. The van der Waals surface area contributed by atoms with Crippen molar-refractivity contribution in [3.63, 3.8) is 0 Å². The SMILES string of the molecule is O=C(O)CCCNC(=O)[C@@H]1CC(=O)[C@H](Cc2c[nH]c3ccccc23)NC(=O)[C@@H](Cc2ccc(-c3ccccc3)cc2)NC(=O)[C@H](Cc2c[nH]c3ccccc23)NC(=O)COc2ccc(cc2)C1. The van der Waals surface area contributed by atoms with Gasteiger partial charge in [-0.15, -0.1) is 0 Å². The highest BCUT2D eigenvalue weighted by atomic mass is 16.5. The molecule has 4 amide bonds. The number of fused-ring (bicyclic) bond motifs is 18. The standard InChI is InChI=1S/C53H52N6O8/c60-48-29-37(51(64)54-24-8-15-50(62)63)25-33-18-22-40(23-19-33)67-32-49(61)57-47(28-39-31-56-44-14-7-5-12-42(39)44)53(66)59-46(26-34-16-20-36(21-17-34)35-9-2-1-3-10-35)52(65)58-45(48)27-38-30-55-43-13-6-4-11-41(38)43/h1-7,9-14,16-23,30-31,37,45-47,55-56H,8,15,24-29,32H2,(H,54,64)(H,57,61)(H,58,65)(H,59,66)(H,62,63)/t37-,45-,46+,47-/m0/s1. The molecule has 2 bridgehead atoms. The highest BCUT2D eigenvalue weighted by Crippen LogP contribution is 2.25. The minimum atomic E-state index is -1.22. The summed E-state index contributed by atoms with van der Waals surface area (Å²) in [4.78, 5) is 89.5. The average molecular weight is 901 g/mol. The van der Waals surface area contributed by atoms with Gasteiger partial charge < -0.3 is 41.1 Å². The zero-order chi connectivity index (χ0) is 46.7. The number of hydrogen-bond acceptors (Lipinski definition) is 7. The van der Waals surface area contributed by atoms with Gasteiger partial charge in [0.15, 0.2) is 12.4 Å². The zero-order valence-electron chi connectivity index (χ0n) is 36.8. The van der Waals surface area contributed by atoms with E-state index in [0.717, 1.165) is 49.6 Å². The van der Waals surface area contributed by atoms with Crippen LogP contribution in [0.4, 0.5) is 0 Å². The van der Waals surface area contributed by atoms with E-state index >= 15 is 0 Å². The molecule has 7 aromatic rings. The number of aromatic nitrogens is 2. The first-order chi connectivity index (χ1) is 32.6. The molecule has 0 unspecified atom stereocenters. The minimum absolute atomic E-state index is 0.0346. The fourth-order valence-electron chi connectivity index (χ4n) is 8.58. The molecular weight excluding hydrogens is 849 g/mol. The van der Waals surface area contributed by atoms with E-state index < -0.39 is 66.0 Å². The van der Waals surface area contributed by atoms with Gasteiger partial charge in [0.2, 0.25) is 17.7 Å². The van der Waals surface area contributed by atoms with Gasteiger partial charge in [0.25, 0.3) is 5.91 Å². The molecule has 7 N–H and O–H groups in total. The summed E-state index contributed by atoms with van der Waals surface area (Å²) in [7, 11) is 0. The topological polar surface area (TPSA) is 212 Å². The van der Waals surface area contributed by atoms with Gasteiger partial charge in [-0.2, -0.15) is 0 Å². The molecule has 2 aromatic heterocycles. The number of carboxylic acid groups (broad SMARTS) is 1. The molecule has 4 atom stereocenters. The van der Waals surface area contributed by atoms with Crippen molar-refractivity contribution in [2.24, 2.45) is 5.92 Å². The first-order valence-corrected chi connectivity index (χ1v) is 22.4. The summed E-state index contributed by atoms with van der Waals surface area (Å²) in [5.41, 5.74) is 6.63. The van der Waals surface area contributed by atoms with Crippen molar-refractivity contribution >= 4 is 57.2 Å². The number of aromatic amines is 2. The number of para-hydroxylation sites is 2. The Bertz CT molecular complexity index is 2870. The van der Waals surface area contributed by atoms with E-state index in [4.69, 9.17) is 4.74 Å². The Balaban J connectivity index is 1.15. The number of carbonyl (C=O) groups excluding carboxylic acids is 5. The molecule has 0 saturated heterocycles. The third-order valence-corrected chi connectivity index (χ3v) is 12.1. The van der Waals surface area contributed by atoms with Crippen LogP contribution in [-0.2, 0) is 54.5 Å². The Kier molecular flexibility index (Phi) is 14.5. The Morgan fingerprint density at radius 3 is 1.82 bits per heavy atom. The Morgan fingerprint density at radius 2 is 1.18 bits per heavy atom. The number of carbonyl (C=O) groups is 6. The lowest BCUT2D eigenvalue weighted by molar-refractivity contribution is -0.137. The minimum Gasteiger partial charge on any atom is -0.484 e. The van der Waals surface area contributed by atoms with Crippen LogP contribution in [0.1, 0.15) is 41.5 Å². The lowest BCUT2D eigenvalue weighted by Gasteiger charge is -2.26. The molecule has 14 nitrogen and oxygen atoms in total. The third-order valence-electron chi connectivity index (χ3n) is 12.1. The highest BCUT2D eigenvalue weighted by molar-refractivity contribution is 5.97. The monoisotopic (exact) mass is 900 g/mol. The van der Waals surface area contributed by atoms with E-state index in [1.54, 1.807) is 36.7 Å². The van der Waals surface area contributed by atoms with Gasteiger partial charge in [0, 0.05) is 78.8 Å². The Hall–Kier alpha value is -8.00. The fraction of sp³-hybridized carbons (Fsp3) is 0.245. The number of hydrogen-bond donors (Lipinski definition) is 7. The lowest BCUT2D eigenvalue weighted by atomic mass is 9.89. The summed E-state index contributed by atoms with van der Waals surface area (Å²) in [5.74, 6) is -4.20. The second kappa shape index (κ2) is 21.3. The van der Waals surface area contributed by atoms with Crippen LogP contribution in [0.2, 0.25) is 0 Å². The molecule has 14 heteroatoms. The predicted molar refractivity (Wildman–Crippen MR) is 254 cm³/mol. The molecule has 0 radical (unpaired) electrons. The smallest absolute Gasteiger partial charge is 0.303 e. The number of ketones is 1. The maximum absolute atomic E-state index is 14.9. The van der Waals surface area contributed by atoms with Crippen molar-refractivity contribution < 1.29 is 38.6 Å². The van der Waals surface area contributed by atoms with Crippen LogP contribution in [0.5, 0.6) is 5.75 Å². The quantitative estimate of drug-likeness (QED) is 0.0571. The number of carboxylic acids is 1. The van der Waals surface area contributed by atoms with Gasteiger partial charge in [0.05, 0.1) is 6.04 Å². The first-order valence-electron chi connectivity index (χ1n) is 22.4. The van der Waals surface area contributed by atoms with E-state index in [-0.39, 0.29) is 51.5 Å². The number of benzene rings is 5. The first kappa shape index (κ1) is 45.6. The van der Waals surface area contributed by atoms with Gasteiger partial charge in [-0.3, -0.25) is 28.8 Å². The van der Waals surface area contributed by atoms with E-state index in [1.165, 1.54) is 0 Å². The maximum atomic E-state index is 14.9. The van der Waals surface area contributed by atoms with Crippen LogP contribution < -0.4 is 26.0 Å². The van der Waals surface area contributed by atoms with Crippen LogP contribution >= 0.6 is 0 Å². The number of aliphatic carboxylic acids is 1. The van der Waals surface area contributed by atoms with Crippen molar-refractivity contribution in [2.75, 3.05) is 13.2 Å². The largest absolute Gasteiger partial charge is 0.484 e. The molecule has 2 aliphatic heterocycles. The van der Waals surface area contributed by atoms with E-state index in [9.17, 15) is 33.9 Å². The summed E-state index contributed by atoms with van der Waals surface area (Å²) in [6.07, 6.45) is 3.70. The van der Waals surface area contributed by atoms with Crippen LogP contribution in [0.25, 0.3) is 32.9 Å². The predicted octanol–water partition coefficient (Wildman–Crippen LogP) is 5.99. The van der Waals surface area contributed by atoms with Gasteiger partial charge in [0.1, 0.15) is 17.8 Å². The molecule has 67 heavy (non-hydrogen) atoms. The number of Topliss-reactive ketones (excluding diaryl/α,β-unsaturated/α-hetero) is 1. The van der Waals surface area contributed by atoms with Crippen molar-refractivity contribution in [3.05, 3.63) is 162 Å². The van der Waals surface area contributed by atoms with Gasteiger partial charge in [-0.1, -0.05) is 103 Å². The van der Waals surface area contributed by atoms with E-state index in [2.05, 4.69) is 31.2 Å². The van der Waals surface area contributed by atoms with Crippen LogP contribution in [0, 0.1) is 5.92 Å². The van der Waals surface area contributed by atoms with Crippen LogP contribution in [0.3, 0.4) is 0 Å². The van der Waals surface area contributed by atoms with Crippen LogP contribution in [-0.4, -0.2) is 81.7 Å². The Morgan fingerprint density at radius 1 is 0.612 bits per heavy atom. The summed E-state index contributed by atoms with van der Waals surface area (Å²) in [6, 6.07) is 36.0. The van der Waals surface area contributed by atoms with E-state index in [0.29, 0.717) is 11.3 Å². The third kappa shape index (κ3) is 11.8. The summed E-state index contributed by atoms with van der Waals surface area (Å²) < 4.78 is 5.86. The molecule has 0 saturated carbocycles. The molecule has 2 aliphatic rings. The number of nitrogens with one attached hydrogen (secondary N) is 6. The Labute approximate surface area is 386 Å². The van der Waals surface area contributed by atoms with Gasteiger partial charge in [-0.05, 0) is 70.5 Å². The fourth-order valence-corrected chi connectivity index (χ4v) is 8.58. The molecule has 342 valence electrons. The second-order valence-corrected chi connectivity index (χ2v) is 16.9. The van der Waals surface area contributed by atoms with Crippen LogP contribution in [0.15, 0.2) is 140 Å². The number of amides is 4. The van der Waals surface area contributed by atoms with Gasteiger partial charge in [-0.25, -0.2) is 0 Å². The highest BCUT2D eigenvalue weighted by Gasteiger charge is 2.33. The molecule has 9 rings (SSSR count). The van der Waals surface area contributed by atoms with Crippen molar-refractivity contribution in [1.82, 2.24) is 31.2 Å². The molecule has 0 aliphatic carbocycles. The van der Waals surface area contributed by atoms with Crippen molar-refractivity contribution in [2.45, 2.75) is 63.1 Å². The van der Waals surface area contributed by atoms with E-state index in [1.807, 2.05) is 103 Å². The molecule has 5 aromatic carbocycles. The van der Waals surface area contributed by atoms with Gasteiger partial charge >= 0.3 is 5.97 Å². The molecule has 4 heterocycles. The number of rotatable bonds is 12. The maximum Gasteiger partial charge on any atom is 0.303 e. The summed E-state index contributed by atoms with van der Waals surface area (Å²) >= 11 is 0. The number of ether oxygens (including phenoxy) is 1. The van der Waals surface area contributed by atoms with Crippen molar-refractivity contribution in [1.29, 1.82) is 0 Å². The average Bonchev–Trinajstić information content (AvgIpc) is 3.95. The summed E-state index contributed by atoms with van der Waals surface area (Å²) in [6.45, 7) is -0.324.